The van der Waals surface area contributed by atoms with Crippen LogP contribution in [-0.2, 0) is 16.1 Å². The molecule has 1 aliphatic heterocycles. The molecule has 0 unspecified atom stereocenters. The van der Waals surface area contributed by atoms with Gasteiger partial charge in [-0.25, -0.2) is 0 Å². The maximum Gasteiger partial charge on any atom is 0.0844 e. The Labute approximate surface area is 114 Å². The van der Waals surface area contributed by atoms with Crippen molar-refractivity contribution in [3.63, 3.8) is 0 Å². The summed E-state index contributed by atoms with van der Waals surface area (Å²) >= 11 is 0. The molecule has 1 aromatic carbocycles. The van der Waals surface area contributed by atoms with Crippen molar-refractivity contribution in [1.29, 1.82) is 0 Å². The summed E-state index contributed by atoms with van der Waals surface area (Å²) < 4.78 is 11.6. The van der Waals surface area contributed by atoms with E-state index in [2.05, 4.69) is 24.3 Å². The molecule has 0 saturated carbocycles. The van der Waals surface area contributed by atoms with Gasteiger partial charge in [-0.15, -0.1) is 0 Å². The van der Waals surface area contributed by atoms with Crippen LogP contribution in [0.1, 0.15) is 24.8 Å². The van der Waals surface area contributed by atoms with Gasteiger partial charge in [0, 0.05) is 0 Å². The average molecular weight is 262 g/mol. The van der Waals surface area contributed by atoms with E-state index in [4.69, 9.17) is 9.47 Å². The first-order valence-corrected chi connectivity index (χ1v) is 6.91. The number of hydrogen-bond donors (Lipinski definition) is 1. The molecule has 1 N–H and O–H groups in total. The van der Waals surface area contributed by atoms with Gasteiger partial charge in [-0.2, -0.15) is 0 Å². The average Bonchev–Trinajstić information content (AvgIpc) is 2.42. The van der Waals surface area contributed by atoms with Gasteiger partial charge in [0.15, 0.2) is 0 Å². The largest absolute Gasteiger partial charge is 0.394 e. The fourth-order valence-electron chi connectivity index (χ4n) is 2.17. The Bertz CT molecular complexity index is 375. The molecule has 0 amide bonds. The van der Waals surface area contributed by atoms with Crippen molar-refractivity contribution in [1.82, 2.24) is 0 Å². The Morgan fingerprint density at radius 3 is 2.79 bits per heavy atom. The second-order valence-electron chi connectivity index (χ2n) is 4.85. The highest BCUT2D eigenvalue weighted by Crippen LogP contribution is 2.14. The lowest BCUT2D eigenvalue weighted by Crippen LogP contribution is -2.29. The number of rotatable bonds is 5. The lowest BCUT2D eigenvalue weighted by Gasteiger charge is -2.24. The highest BCUT2D eigenvalue weighted by atomic mass is 16.5. The van der Waals surface area contributed by atoms with Crippen LogP contribution in [0.4, 0.5) is 0 Å². The van der Waals surface area contributed by atoms with Crippen molar-refractivity contribution in [2.75, 3.05) is 13.2 Å². The van der Waals surface area contributed by atoms with Crippen LogP contribution in [0.25, 0.3) is 0 Å². The molecule has 0 saturated heterocycles. The van der Waals surface area contributed by atoms with Gasteiger partial charge in [-0.3, -0.25) is 0 Å². The maximum atomic E-state index is 9.23. The molecule has 0 aliphatic carbocycles. The number of benzene rings is 1. The Balaban J connectivity index is 1.76. The predicted octanol–water partition coefficient (Wildman–Crippen LogP) is 2.69. The SMILES string of the molecule is OC[C@H]1C/C=C\CC[C@@H](COCc2ccccc2)O1. The summed E-state index contributed by atoms with van der Waals surface area (Å²) in [6.07, 6.45) is 6.97. The topological polar surface area (TPSA) is 38.7 Å². The summed E-state index contributed by atoms with van der Waals surface area (Å²) in [6.45, 7) is 1.26. The van der Waals surface area contributed by atoms with Crippen LogP contribution in [-0.4, -0.2) is 30.5 Å². The molecule has 1 aliphatic rings. The normalized spacial score (nSPS) is 25.5. The van der Waals surface area contributed by atoms with E-state index in [1.807, 2.05) is 18.2 Å². The summed E-state index contributed by atoms with van der Waals surface area (Å²) in [5, 5.41) is 9.23. The van der Waals surface area contributed by atoms with Gasteiger partial charge in [-0.1, -0.05) is 42.5 Å². The first kappa shape index (κ1) is 14.3. The molecule has 1 aromatic rings. The Kier molecular flexibility index (Phi) is 6.08. The zero-order chi connectivity index (χ0) is 13.3. The van der Waals surface area contributed by atoms with E-state index in [0.29, 0.717) is 13.2 Å². The lowest BCUT2D eigenvalue weighted by atomic mass is 10.1. The van der Waals surface area contributed by atoms with Gasteiger partial charge in [0.1, 0.15) is 0 Å². The zero-order valence-corrected chi connectivity index (χ0v) is 11.2. The molecule has 0 fully saturated rings. The highest BCUT2D eigenvalue weighted by Gasteiger charge is 2.16. The number of aliphatic hydroxyl groups is 1. The van der Waals surface area contributed by atoms with Crippen LogP contribution >= 0.6 is 0 Å². The van der Waals surface area contributed by atoms with E-state index in [1.165, 1.54) is 5.56 Å². The minimum Gasteiger partial charge on any atom is -0.394 e. The standard InChI is InChI=1S/C16H22O3/c17-11-15-9-5-2-6-10-16(19-15)13-18-12-14-7-3-1-4-8-14/h1-5,7-8,15-17H,6,9-13H2/b5-2-/t15-,16+/m1/s1. The molecule has 3 nitrogen and oxygen atoms in total. The van der Waals surface area contributed by atoms with Crippen LogP contribution in [0.3, 0.4) is 0 Å². The van der Waals surface area contributed by atoms with Gasteiger partial charge in [0.2, 0.25) is 0 Å². The Hall–Kier alpha value is -1.16. The van der Waals surface area contributed by atoms with E-state index >= 15 is 0 Å². The first-order valence-electron chi connectivity index (χ1n) is 6.91. The monoisotopic (exact) mass is 262 g/mol. The lowest BCUT2D eigenvalue weighted by molar-refractivity contribution is -0.0791. The third kappa shape index (κ3) is 5.15. The molecule has 1 heterocycles. The van der Waals surface area contributed by atoms with E-state index < -0.39 is 0 Å². The third-order valence-electron chi connectivity index (χ3n) is 3.22. The molecule has 104 valence electrons. The fraction of sp³-hybridized carbons (Fsp3) is 0.500. The quantitative estimate of drug-likeness (QED) is 0.829. The first-order chi connectivity index (χ1) is 9.38. The van der Waals surface area contributed by atoms with Crippen molar-refractivity contribution in [3.8, 4) is 0 Å². The molecule has 0 aromatic heterocycles. The predicted molar refractivity (Wildman–Crippen MR) is 74.8 cm³/mol. The van der Waals surface area contributed by atoms with Gasteiger partial charge in [0.05, 0.1) is 32.0 Å². The second-order valence-corrected chi connectivity index (χ2v) is 4.85. The summed E-state index contributed by atoms with van der Waals surface area (Å²) in [4.78, 5) is 0. The summed E-state index contributed by atoms with van der Waals surface area (Å²) in [7, 11) is 0. The smallest absolute Gasteiger partial charge is 0.0844 e. The molecule has 3 heteroatoms. The van der Waals surface area contributed by atoms with Crippen LogP contribution < -0.4 is 0 Å². The van der Waals surface area contributed by atoms with Crippen LogP contribution in [0.2, 0.25) is 0 Å². The van der Waals surface area contributed by atoms with E-state index in [1.54, 1.807) is 0 Å². The molecule has 2 atom stereocenters. The van der Waals surface area contributed by atoms with E-state index in [0.717, 1.165) is 19.3 Å². The van der Waals surface area contributed by atoms with Gasteiger partial charge in [-0.05, 0) is 24.8 Å². The number of ether oxygens (including phenoxy) is 2. The molecular weight excluding hydrogens is 240 g/mol. The Morgan fingerprint density at radius 2 is 2.00 bits per heavy atom. The molecule has 19 heavy (non-hydrogen) atoms. The minimum absolute atomic E-state index is 0.0690. The summed E-state index contributed by atoms with van der Waals surface area (Å²) in [5.41, 5.74) is 1.17. The molecule has 2 rings (SSSR count). The molecule has 0 spiro atoms. The van der Waals surface area contributed by atoms with Crippen LogP contribution in [0, 0.1) is 0 Å². The summed E-state index contributed by atoms with van der Waals surface area (Å²) in [6, 6.07) is 10.1. The minimum atomic E-state index is -0.0955. The zero-order valence-electron chi connectivity index (χ0n) is 11.2. The summed E-state index contributed by atoms with van der Waals surface area (Å²) in [5.74, 6) is 0. The van der Waals surface area contributed by atoms with Gasteiger partial charge in [0.25, 0.3) is 0 Å². The Morgan fingerprint density at radius 1 is 1.16 bits per heavy atom. The molecule has 0 bridgehead atoms. The van der Waals surface area contributed by atoms with Crippen molar-refractivity contribution < 1.29 is 14.6 Å². The van der Waals surface area contributed by atoms with Crippen LogP contribution in [0.5, 0.6) is 0 Å². The maximum absolute atomic E-state index is 9.23. The molecule has 0 radical (unpaired) electrons. The van der Waals surface area contributed by atoms with Crippen LogP contribution in [0.15, 0.2) is 42.5 Å². The van der Waals surface area contributed by atoms with Crippen molar-refractivity contribution >= 4 is 0 Å². The fourth-order valence-corrected chi connectivity index (χ4v) is 2.17. The van der Waals surface area contributed by atoms with Crippen molar-refractivity contribution in [2.45, 2.75) is 38.1 Å². The van der Waals surface area contributed by atoms with Crippen molar-refractivity contribution in [2.24, 2.45) is 0 Å². The number of allylic oxidation sites excluding steroid dienone is 1. The number of hydrogen-bond acceptors (Lipinski definition) is 3. The third-order valence-corrected chi connectivity index (χ3v) is 3.22. The molecular formula is C16H22O3. The van der Waals surface area contributed by atoms with Gasteiger partial charge < -0.3 is 14.6 Å². The number of aliphatic hydroxyl groups excluding tert-OH is 1. The van der Waals surface area contributed by atoms with E-state index in [9.17, 15) is 5.11 Å². The van der Waals surface area contributed by atoms with Crippen molar-refractivity contribution in [3.05, 3.63) is 48.0 Å². The highest BCUT2D eigenvalue weighted by molar-refractivity contribution is 5.13. The van der Waals surface area contributed by atoms with Gasteiger partial charge >= 0.3 is 0 Å². The van der Waals surface area contributed by atoms with E-state index in [-0.39, 0.29) is 18.8 Å². The second kappa shape index (κ2) is 8.10.